The Morgan fingerprint density at radius 1 is 1.14 bits per heavy atom. The molecule has 21 heavy (non-hydrogen) atoms. The van der Waals surface area contributed by atoms with E-state index in [1.54, 1.807) is 19.1 Å². The SMILES string of the molecule is CCC(=O)Nc1ccc(NCc2cc(Br)ccc2F)cc1. The molecule has 2 N–H and O–H groups in total. The molecule has 0 aliphatic rings. The summed E-state index contributed by atoms with van der Waals surface area (Å²) in [5.41, 5.74) is 2.21. The van der Waals surface area contributed by atoms with Crippen LogP contribution in [0.25, 0.3) is 0 Å². The second kappa shape index (κ2) is 7.22. The topological polar surface area (TPSA) is 41.1 Å². The maximum absolute atomic E-state index is 13.6. The summed E-state index contributed by atoms with van der Waals surface area (Å²) in [6.45, 7) is 2.20. The molecule has 2 aromatic carbocycles. The molecule has 2 rings (SSSR count). The van der Waals surface area contributed by atoms with Gasteiger partial charge in [-0.15, -0.1) is 0 Å². The standard InChI is InChI=1S/C16H16BrFN2O/c1-2-16(21)20-14-6-4-13(5-7-14)19-10-11-9-12(17)3-8-15(11)18/h3-9,19H,2,10H2,1H3,(H,20,21). The van der Waals surface area contributed by atoms with Crippen molar-refractivity contribution >= 4 is 33.2 Å². The number of nitrogens with one attached hydrogen (secondary N) is 2. The third kappa shape index (κ3) is 4.56. The maximum Gasteiger partial charge on any atom is 0.224 e. The normalized spacial score (nSPS) is 10.2. The lowest BCUT2D eigenvalue weighted by Gasteiger charge is -2.09. The molecule has 0 aliphatic heterocycles. The molecule has 0 spiro atoms. The van der Waals surface area contributed by atoms with Gasteiger partial charge in [0, 0.05) is 34.4 Å². The average Bonchev–Trinajstić information content (AvgIpc) is 2.49. The summed E-state index contributed by atoms with van der Waals surface area (Å²) < 4.78 is 14.5. The Kier molecular flexibility index (Phi) is 5.33. The molecule has 0 fully saturated rings. The third-order valence-corrected chi connectivity index (χ3v) is 3.47. The summed E-state index contributed by atoms with van der Waals surface area (Å²) in [7, 11) is 0. The molecule has 110 valence electrons. The van der Waals surface area contributed by atoms with Gasteiger partial charge in [0.2, 0.25) is 5.91 Å². The molecular weight excluding hydrogens is 335 g/mol. The van der Waals surface area contributed by atoms with Crippen LogP contribution in [0.3, 0.4) is 0 Å². The van der Waals surface area contributed by atoms with Crippen molar-refractivity contribution in [1.29, 1.82) is 0 Å². The highest BCUT2D eigenvalue weighted by atomic mass is 79.9. The van der Waals surface area contributed by atoms with Gasteiger partial charge in [-0.1, -0.05) is 22.9 Å². The fraction of sp³-hybridized carbons (Fsp3) is 0.188. The van der Waals surface area contributed by atoms with E-state index in [0.717, 1.165) is 15.8 Å². The van der Waals surface area contributed by atoms with E-state index < -0.39 is 0 Å². The first-order chi connectivity index (χ1) is 10.1. The van der Waals surface area contributed by atoms with E-state index in [1.807, 2.05) is 24.3 Å². The number of hydrogen-bond donors (Lipinski definition) is 2. The fourth-order valence-corrected chi connectivity index (χ4v) is 2.21. The number of anilines is 2. The third-order valence-electron chi connectivity index (χ3n) is 2.98. The maximum atomic E-state index is 13.6. The van der Waals surface area contributed by atoms with Gasteiger partial charge in [0.15, 0.2) is 0 Å². The van der Waals surface area contributed by atoms with Gasteiger partial charge in [-0.25, -0.2) is 4.39 Å². The van der Waals surface area contributed by atoms with Crippen molar-refractivity contribution in [3.8, 4) is 0 Å². The molecule has 0 saturated carbocycles. The summed E-state index contributed by atoms with van der Waals surface area (Å²) in [4.78, 5) is 11.3. The number of benzene rings is 2. The molecule has 3 nitrogen and oxygen atoms in total. The summed E-state index contributed by atoms with van der Waals surface area (Å²) in [6.07, 6.45) is 0.447. The number of amides is 1. The Morgan fingerprint density at radius 2 is 1.81 bits per heavy atom. The van der Waals surface area contributed by atoms with Crippen LogP contribution in [0.2, 0.25) is 0 Å². The molecule has 2 aromatic rings. The monoisotopic (exact) mass is 350 g/mol. The molecule has 0 heterocycles. The Bertz CT molecular complexity index is 629. The Hall–Kier alpha value is -1.88. The number of halogens is 2. The van der Waals surface area contributed by atoms with Crippen LogP contribution in [0.4, 0.5) is 15.8 Å². The number of rotatable bonds is 5. The predicted molar refractivity (Wildman–Crippen MR) is 86.8 cm³/mol. The minimum Gasteiger partial charge on any atom is -0.381 e. The number of carbonyl (C=O) groups excluding carboxylic acids is 1. The van der Waals surface area contributed by atoms with Crippen LogP contribution in [0, 0.1) is 5.82 Å². The first-order valence-electron chi connectivity index (χ1n) is 6.66. The van der Waals surface area contributed by atoms with Gasteiger partial charge in [0.05, 0.1) is 0 Å². The van der Waals surface area contributed by atoms with E-state index in [2.05, 4.69) is 26.6 Å². The van der Waals surface area contributed by atoms with Crippen LogP contribution < -0.4 is 10.6 Å². The average molecular weight is 351 g/mol. The van der Waals surface area contributed by atoms with Crippen molar-refractivity contribution in [3.63, 3.8) is 0 Å². The minimum absolute atomic E-state index is 0.0214. The molecule has 0 radical (unpaired) electrons. The van der Waals surface area contributed by atoms with E-state index in [9.17, 15) is 9.18 Å². The van der Waals surface area contributed by atoms with E-state index in [4.69, 9.17) is 0 Å². The molecule has 0 unspecified atom stereocenters. The van der Waals surface area contributed by atoms with Crippen molar-refractivity contribution in [2.75, 3.05) is 10.6 Å². The Balaban J connectivity index is 1.97. The lowest BCUT2D eigenvalue weighted by atomic mass is 10.2. The largest absolute Gasteiger partial charge is 0.381 e. The Labute approximate surface area is 131 Å². The zero-order valence-electron chi connectivity index (χ0n) is 11.6. The molecular formula is C16H16BrFN2O. The minimum atomic E-state index is -0.238. The van der Waals surface area contributed by atoms with E-state index in [-0.39, 0.29) is 11.7 Å². The van der Waals surface area contributed by atoms with Crippen molar-refractivity contribution in [2.45, 2.75) is 19.9 Å². The van der Waals surface area contributed by atoms with Crippen LogP contribution in [0.15, 0.2) is 46.9 Å². The van der Waals surface area contributed by atoms with Gasteiger partial charge in [-0.05, 0) is 42.5 Å². The predicted octanol–water partition coefficient (Wildman–Crippen LogP) is 4.55. The van der Waals surface area contributed by atoms with Crippen LogP contribution in [0.1, 0.15) is 18.9 Å². The van der Waals surface area contributed by atoms with Gasteiger partial charge in [0.25, 0.3) is 0 Å². The second-order valence-corrected chi connectivity index (χ2v) is 5.48. The van der Waals surface area contributed by atoms with E-state index >= 15 is 0 Å². The lowest BCUT2D eigenvalue weighted by Crippen LogP contribution is -2.09. The number of carbonyl (C=O) groups is 1. The first kappa shape index (κ1) is 15.5. The first-order valence-corrected chi connectivity index (χ1v) is 7.45. The fourth-order valence-electron chi connectivity index (χ4n) is 1.80. The van der Waals surface area contributed by atoms with Crippen molar-refractivity contribution < 1.29 is 9.18 Å². The molecule has 0 aromatic heterocycles. The van der Waals surface area contributed by atoms with Crippen molar-refractivity contribution in [2.24, 2.45) is 0 Å². The quantitative estimate of drug-likeness (QED) is 0.830. The summed E-state index contributed by atoms with van der Waals surface area (Å²) in [5, 5.41) is 5.93. The highest BCUT2D eigenvalue weighted by molar-refractivity contribution is 9.10. The second-order valence-electron chi connectivity index (χ2n) is 4.57. The zero-order valence-corrected chi connectivity index (χ0v) is 13.2. The molecule has 5 heteroatoms. The van der Waals surface area contributed by atoms with Crippen LogP contribution >= 0.6 is 15.9 Å². The van der Waals surface area contributed by atoms with Crippen molar-refractivity contribution in [1.82, 2.24) is 0 Å². The molecule has 0 aliphatic carbocycles. The smallest absolute Gasteiger partial charge is 0.224 e. The molecule has 0 atom stereocenters. The molecule has 0 saturated heterocycles. The van der Waals surface area contributed by atoms with Crippen LogP contribution in [-0.4, -0.2) is 5.91 Å². The summed E-state index contributed by atoms with van der Waals surface area (Å²) in [6, 6.07) is 12.2. The number of hydrogen-bond acceptors (Lipinski definition) is 2. The summed E-state index contributed by atoms with van der Waals surface area (Å²) >= 11 is 3.33. The summed E-state index contributed by atoms with van der Waals surface area (Å²) in [5.74, 6) is -0.260. The van der Waals surface area contributed by atoms with Crippen LogP contribution in [0.5, 0.6) is 0 Å². The van der Waals surface area contributed by atoms with Gasteiger partial charge in [-0.2, -0.15) is 0 Å². The van der Waals surface area contributed by atoms with Gasteiger partial charge < -0.3 is 10.6 Å². The van der Waals surface area contributed by atoms with Gasteiger partial charge in [0.1, 0.15) is 5.82 Å². The molecule has 0 bridgehead atoms. The highest BCUT2D eigenvalue weighted by Crippen LogP contribution is 2.18. The van der Waals surface area contributed by atoms with Gasteiger partial charge in [-0.3, -0.25) is 4.79 Å². The van der Waals surface area contributed by atoms with E-state index in [0.29, 0.717) is 18.5 Å². The van der Waals surface area contributed by atoms with E-state index in [1.165, 1.54) is 6.07 Å². The molecule has 1 amide bonds. The Morgan fingerprint density at radius 3 is 2.48 bits per heavy atom. The van der Waals surface area contributed by atoms with Crippen LogP contribution in [-0.2, 0) is 11.3 Å². The lowest BCUT2D eigenvalue weighted by molar-refractivity contribution is -0.115. The highest BCUT2D eigenvalue weighted by Gasteiger charge is 2.03. The van der Waals surface area contributed by atoms with Crippen molar-refractivity contribution in [3.05, 3.63) is 58.3 Å². The zero-order chi connectivity index (χ0) is 15.2. The van der Waals surface area contributed by atoms with Gasteiger partial charge >= 0.3 is 0 Å².